The van der Waals surface area contributed by atoms with Crippen molar-refractivity contribution in [2.75, 3.05) is 5.88 Å². The Labute approximate surface area is 124 Å². The molecule has 1 unspecified atom stereocenters. The predicted octanol–water partition coefficient (Wildman–Crippen LogP) is 4.75. The average molecular weight is 301 g/mol. The van der Waals surface area contributed by atoms with Crippen molar-refractivity contribution < 1.29 is 9.47 Å². The van der Waals surface area contributed by atoms with E-state index in [9.17, 15) is 0 Å². The highest BCUT2D eigenvalue weighted by molar-refractivity contribution is 6.30. The van der Waals surface area contributed by atoms with Crippen LogP contribution in [0.1, 0.15) is 25.8 Å². The number of ether oxygens (including phenoxy) is 2. The number of allylic oxidation sites excluding steroid dienone is 1. The average Bonchev–Trinajstić information content (AvgIpc) is 2.78. The van der Waals surface area contributed by atoms with E-state index in [4.69, 9.17) is 32.7 Å². The van der Waals surface area contributed by atoms with Crippen LogP contribution < -0.4 is 0 Å². The molecule has 1 atom stereocenters. The van der Waals surface area contributed by atoms with E-state index in [0.29, 0.717) is 11.6 Å². The molecule has 0 fully saturated rings. The monoisotopic (exact) mass is 300 g/mol. The summed E-state index contributed by atoms with van der Waals surface area (Å²) in [6.45, 7) is 4.40. The van der Waals surface area contributed by atoms with Crippen LogP contribution >= 0.6 is 23.2 Å². The SMILES string of the molecule is CC(C)(Cc1ccc(Cl)cc1)CC1OC=C(CCl)O1. The second-order valence-electron chi connectivity index (χ2n) is 5.57. The van der Waals surface area contributed by atoms with E-state index in [0.717, 1.165) is 17.9 Å². The van der Waals surface area contributed by atoms with Gasteiger partial charge in [0.2, 0.25) is 6.29 Å². The van der Waals surface area contributed by atoms with E-state index < -0.39 is 0 Å². The summed E-state index contributed by atoms with van der Waals surface area (Å²) in [7, 11) is 0. The minimum Gasteiger partial charge on any atom is -0.459 e. The van der Waals surface area contributed by atoms with E-state index in [1.165, 1.54) is 5.56 Å². The van der Waals surface area contributed by atoms with E-state index in [1.54, 1.807) is 6.26 Å². The molecule has 2 nitrogen and oxygen atoms in total. The van der Waals surface area contributed by atoms with Crippen molar-refractivity contribution in [3.8, 4) is 0 Å². The molecule has 1 aromatic rings. The van der Waals surface area contributed by atoms with Gasteiger partial charge in [-0.1, -0.05) is 37.6 Å². The molecule has 1 aliphatic rings. The summed E-state index contributed by atoms with van der Waals surface area (Å²) in [4.78, 5) is 0. The molecule has 2 rings (SSSR count). The molecule has 0 amide bonds. The van der Waals surface area contributed by atoms with Crippen LogP contribution in [0.4, 0.5) is 0 Å². The fourth-order valence-electron chi connectivity index (χ4n) is 2.21. The Morgan fingerprint density at radius 1 is 1.21 bits per heavy atom. The zero-order valence-electron chi connectivity index (χ0n) is 11.2. The fourth-order valence-corrected chi connectivity index (χ4v) is 2.46. The summed E-state index contributed by atoms with van der Waals surface area (Å²) in [6, 6.07) is 7.96. The first-order valence-electron chi connectivity index (χ1n) is 6.30. The third-order valence-corrected chi connectivity index (χ3v) is 3.60. The molecule has 19 heavy (non-hydrogen) atoms. The third kappa shape index (κ3) is 4.32. The van der Waals surface area contributed by atoms with Crippen molar-refractivity contribution in [2.45, 2.75) is 33.0 Å². The molecule has 0 radical (unpaired) electrons. The molecule has 0 aromatic heterocycles. The summed E-state index contributed by atoms with van der Waals surface area (Å²) in [5.41, 5.74) is 1.34. The molecule has 1 heterocycles. The highest BCUT2D eigenvalue weighted by Gasteiger charge is 2.28. The molecular weight excluding hydrogens is 283 g/mol. The maximum atomic E-state index is 5.89. The largest absolute Gasteiger partial charge is 0.459 e. The lowest BCUT2D eigenvalue weighted by molar-refractivity contribution is -0.0580. The Balaban J connectivity index is 1.90. The molecule has 0 bridgehead atoms. The van der Waals surface area contributed by atoms with Gasteiger partial charge in [-0.3, -0.25) is 0 Å². The minimum absolute atomic E-state index is 0.0775. The first-order chi connectivity index (χ1) is 8.98. The molecule has 0 N–H and O–H groups in total. The lowest BCUT2D eigenvalue weighted by Crippen LogP contribution is -2.24. The summed E-state index contributed by atoms with van der Waals surface area (Å²) in [5.74, 6) is 1.06. The first kappa shape index (κ1) is 14.5. The molecule has 0 aliphatic carbocycles. The van der Waals surface area contributed by atoms with Crippen LogP contribution in [0.3, 0.4) is 0 Å². The van der Waals surface area contributed by atoms with Gasteiger partial charge in [0.25, 0.3) is 0 Å². The van der Waals surface area contributed by atoms with Crippen LogP contribution in [0.15, 0.2) is 36.3 Å². The molecule has 4 heteroatoms. The van der Waals surface area contributed by atoms with Crippen LogP contribution in [-0.2, 0) is 15.9 Å². The minimum atomic E-state index is -0.226. The van der Waals surface area contributed by atoms with Crippen molar-refractivity contribution in [2.24, 2.45) is 5.41 Å². The highest BCUT2D eigenvalue weighted by Crippen LogP contribution is 2.32. The molecule has 1 aliphatic heterocycles. The van der Waals surface area contributed by atoms with Gasteiger partial charge in [0.05, 0.1) is 5.88 Å². The first-order valence-corrected chi connectivity index (χ1v) is 7.21. The standard InChI is InChI=1S/C15H18Cl2O2/c1-15(2,7-11-3-5-12(17)6-4-11)8-14-18-10-13(9-16)19-14/h3-6,10,14H,7-9H2,1-2H3. The second-order valence-corrected chi connectivity index (χ2v) is 6.28. The number of alkyl halides is 1. The third-order valence-electron chi connectivity index (χ3n) is 3.08. The fraction of sp³-hybridized carbons (Fsp3) is 0.467. The maximum Gasteiger partial charge on any atom is 0.240 e. The number of hydrogen-bond donors (Lipinski definition) is 0. The maximum absolute atomic E-state index is 5.89. The van der Waals surface area contributed by atoms with Gasteiger partial charge in [-0.2, -0.15) is 0 Å². The lowest BCUT2D eigenvalue weighted by atomic mass is 9.82. The Morgan fingerprint density at radius 3 is 2.47 bits per heavy atom. The van der Waals surface area contributed by atoms with Gasteiger partial charge < -0.3 is 9.47 Å². The van der Waals surface area contributed by atoms with Crippen LogP contribution in [0.25, 0.3) is 0 Å². The normalized spacial score (nSPS) is 18.7. The van der Waals surface area contributed by atoms with Crippen molar-refractivity contribution in [1.29, 1.82) is 0 Å². The van der Waals surface area contributed by atoms with Crippen LogP contribution in [0.5, 0.6) is 0 Å². The van der Waals surface area contributed by atoms with E-state index >= 15 is 0 Å². The number of hydrogen-bond acceptors (Lipinski definition) is 2. The van der Waals surface area contributed by atoms with E-state index in [-0.39, 0.29) is 11.7 Å². The number of rotatable bonds is 5. The smallest absolute Gasteiger partial charge is 0.240 e. The zero-order valence-corrected chi connectivity index (χ0v) is 12.7. The molecule has 0 saturated heterocycles. The Bertz CT molecular complexity index is 452. The van der Waals surface area contributed by atoms with Gasteiger partial charge in [0.1, 0.15) is 12.0 Å². The quantitative estimate of drug-likeness (QED) is 0.731. The molecule has 0 spiro atoms. The van der Waals surface area contributed by atoms with Crippen LogP contribution in [0, 0.1) is 5.41 Å². The van der Waals surface area contributed by atoms with Gasteiger partial charge in [0.15, 0.2) is 0 Å². The molecule has 1 aromatic carbocycles. The topological polar surface area (TPSA) is 18.5 Å². The Kier molecular flexibility index (Phi) is 4.64. The summed E-state index contributed by atoms with van der Waals surface area (Å²) < 4.78 is 11.0. The molecular formula is C15H18Cl2O2. The predicted molar refractivity (Wildman–Crippen MR) is 78.3 cm³/mol. The zero-order chi connectivity index (χ0) is 13.9. The van der Waals surface area contributed by atoms with E-state index in [1.807, 2.05) is 12.1 Å². The van der Waals surface area contributed by atoms with Gasteiger partial charge in [0, 0.05) is 11.4 Å². The van der Waals surface area contributed by atoms with Crippen molar-refractivity contribution in [1.82, 2.24) is 0 Å². The lowest BCUT2D eigenvalue weighted by Gasteiger charge is -2.27. The summed E-state index contributed by atoms with van der Waals surface area (Å²) in [5, 5.41) is 0.764. The van der Waals surface area contributed by atoms with E-state index in [2.05, 4.69) is 26.0 Å². The van der Waals surface area contributed by atoms with Gasteiger partial charge >= 0.3 is 0 Å². The van der Waals surface area contributed by atoms with Gasteiger partial charge in [-0.25, -0.2) is 0 Å². The second kappa shape index (κ2) is 6.06. The van der Waals surface area contributed by atoms with Crippen molar-refractivity contribution in [3.63, 3.8) is 0 Å². The summed E-state index contributed by atoms with van der Waals surface area (Å²) in [6.07, 6.45) is 3.14. The van der Waals surface area contributed by atoms with Crippen LogP contribution in [0.2, 0.25) is 5.02 Å². The van der Waals surface area contributed by atoms with Gasteiger partial charge in [-0.05, 0) is 29.5 Å². The van der Waals surface area contributed by atoms with Crippen molar-refractivity contribution >= 4 is 23.2 Å². The highest BCUT2D eigenvalue weighted by atomic mass is 35.5. The number of benzene rings is 1. The van der Waals surface area contributed by atoms with Gasteiger partial charge in [-0.15, -0.1) is 11.6 Å². The number of halogens is 2. The van der Waals surface area contributed by atoms with Crippen molar-refractivity contribution in [3.05, 3.63) is 46.9 Å². The molecule has 104 valence electrons. The summed E-state index contributed by atoms with van der Waals surface area (Å²) >= 11 is 11.6. The van der Waals surface area contributed by atoms with Crippen LogP contribution in [-0.4, -0.2) is 12.2 Å². The molecule has 0 saturated carbocycles. The Hall–Kier alpha value is -0.860. The Morgan fingerprint density at radius 2 is 1.89 bits per heavy atom.